The molecule has 1 aromatic carbocycles. The zero-order chi connectivity index (χ0) is 14.1. The van der Waals surface area contributed by atoms with Crippen LogP contribution in [0.3, 0.4) is 0 Å². The minimum atomic E-state index is -0.0598. The van der Waals surface area contributed by atoms with Gasteiger partial charge in [-0.1, -0.05) is 29.8 Å². The van der Waals surface area contributed by atoms with Crippen LogP contribution in [0.15, 0.2) is 24.3 Å². The second kappa shape index (κ2) is 5.84. The summed E-state index contributed by atoms with van der Waals surface area (Å²) in [5.74, 6) is 1.24. The highest BCUT2D eigenvalue weighted by atomic mass is 16.3. The molecule has 4 unspecified atom stereocenters. The van der Waals surface area contributed by atoms with Gasteiger partial charge in [-0.05, 0) is 44.2 Å². The average molecular weight is 274 g/mol. The summed E-state index contributed by atoms with van der Waals surface area (Å²) >= 11 is 0. The van der Waals surface area contributed by atoms with E-state index in [1.165, 1.54) is 17.5 Å². The summed E-state index contributed by atoms with van der Waals surface area (Å²) < 4.78 is 0. The van der Waals surface area contributed by atoms with Gasteiger partial charge >= 0.3 is 0 Å². The Labute approximate surface area is 121 Å². The first-order chi connectivity index (χ1) is 9.63. The van der Waals surface area contributed by atoms with Gasteiger partial charge in [-0.3, -0.25) is 0 Å². The lowest BCUT2D eigenvalue weighted by Crippen LogP contribution is -2.28. The van der Waals surface area contributed by atoms with Crippen molar-refractivity contribution in [2.24, 2.45) is 17.6 Å². The molecule has 3 nitrogen and oxygen atoms in total. The number of likely N-dealkylation sites (tertiary alicyclic amines) is 1. The van der Waals surface area contributed by atoms with Gasteiger partial charge in [0.1, 0.15) is 0 Å². The number of benzene rings is 1. The number of nitrogens with two attached hydrogens (primary N) is 1. The molecule has 0 amide bonds. The van der Waals surface area contributed by atoms with E-state index in [0.29, 0.717) is 5.92 Å². The van der Waals surface area contributed by atoms with Crippen molar-refractivity contribution < 1.29 is 5.11 Å². The van der Waals surface area contributed by atoms with Crippen LogP contribution in [-0.4, -0.2) is 35.7 Å². The molecule has 0 spiro atoms. The van der Waals surface area contributed by atoms with Crippen LogP contribution in [-0.2, 0) is 0 Å². The molecule has 20 heavy (non-hydrogen) atoms. The second-order valence-electron chi connectivity index (χ2n) is 6.64. The first-order valence-corrected chi connectivity index (χ1v) is 7.86. The molecule has 1 saturated carbocycles. The summed E-state index contributed by atoms with van der Waals surface area (Å²) in [5, 5.41) is 9.95. The molecule has 1 aliphatic heterocycles. The molecule has 1 aliphatic carbocycles. The molecular weight excluding hydrogens is 248 g/mol. The van der Waals surface area contributed by atoms with Crippen molar-refractivity contribution in [2.75, 3.05) is 19.6 Å². The molecular formula is C17H26N2O. The number of aryl methyl sites for hydroxylation is 1. The van der Waals surface area contributed by atoms with Crippen LogP contribution in [0, 0.1) is 18.8 Å². The number of fused-ring (bicyclic) bond motifs is 1. The fourth-order valence-corrected chi connectivity index (χ4v) is 3.90. The fourth-order valence-electron chi connectivity index (χ4n) is 3.90. The van der Waals surface area contributed by atoms with Gasteiger partial charge in [-0.15, -0.1) is 0 Å². The topological polar surface area (TPSA) is 49.5 Å². The molecule has 0 radical (unpaired) electrons. The average Bonchev–Trinajstić information content (AvgIpc) is 2.98. The van der Waals surface area contributed by atoms with Gasteiger partial charge in [0, 0.05) is 25.0 Å². The van der Waals surface area contributed by atoms with Crippen LogP contribution in [0.25, 0.3) is 0 Å². The van der Waals surface area contributed by atoms with Gasteiger partial charge in [-0.2, -0.15) is 0 Å². The first kappa shape index (κ1) is 14.1. The number of nitrogens with zero attached hydrogens (tertiary/aromatic N) is 1. The quantitative estimate of drug-likeness (QED) is 0.884. The van der Waals surface area contributed by atoms with Gasteiger partial charge in [0.05, 0.1) is 6.10 Å². The van der Waals surface area contributed by atoms with Gasteiger partial charge in [-0.25, -0.2) is 0 Å². The predicted molar refractivity (Wildman–Crippen MR) is 81.4 cm³/mol. The van der Waals surface area contributed by atoms with Gasteiger partial charge < -0.3 is 15.7 Å². The standard InChI is InChI=1S/C17H26N2O/c1-12-3-2-4-13(9-12)16(18)7-8-19-10-14-5-6-17(20)15(14)11-19/h2-4,9,14-17,20H,5-8,10-11,18H2,1H3. The third kappa shape index (κ3) is 2.90. The molecule has 110 valence electrons. The number of aliphatic hydroxyl groups is 1. The second-order valence-corrected chi connectivity index (χ2v) is 6.64. The number of hydrogen-bond donors (Lipinski definition) is 2. The maximum absolute atomic E-state index is 9.95. The molecule has 0 bridgehead atoms. The van der Waals surface area contributed by atoms with Crippen LogP contribution < -0.4 is 5.73 Å². The minimum Gasteiger partial charge on any atom is -0.393 e. The number of rotatable bonds is 4. The Morgan fingerprint density at radius 3 is 2.95 bits per heavy atom. The van der Waals surface area contributed by atoms with E-state index in [-0.39, 0.29) is 12.1 Å². The van der Waals surface area contributed by atoms with E-state index in [1.54, 1.807) is 0 Å². The van der Waals surface area contributed by atoms with Crippen molar-refractivity contribution in [1.82, 2.24) is 4.90 Å². The maximum Gasteiger partial charge on any atom is 0.0583 e. The van der Waals surface area contributed by atoms with E-state index >= 15 is 0 Å². The molecule has 1 heterocycles. The zero-order valence-electron chi connectivity index (χ0n) is 12.3. The van der Waals surface area contributed by atoms with Crippen molar-refractivity contribution in [3.8, 4) is 0 Å². The Balaban J connectivity index is 1.50. The normalized spacial score (nSPS) is 31.4. The van der Waals surface area contributed by atoms with E-state index in [0.717, 1.165) is 38.4 Å². The maximum atomic E-state index is 9.95. The van der Waals surface area contributed by atoms with Crippen LogP contribution in [0.2, 0.25) is 0 Å². The lowest BCUT2D eigenvalue weighted by atomic mass is 10.00. The van der Waals surface area contributed by atoms with E-state index < -0.39 is 0 Å². The SMILES string of the molecule is Cc1cccc(C(N)CCN2CC3CCC(O)C3C2)c1. The van der Waals surface area contributed by atoms with Crippen molar-refractivity contribution in [3.05, 3.63) is 35.4 Å². The van der Waals surface area contributed by atoms with Crippen LogP contribution in [0.5, 0.6) is 0 Å². The lowest BCUT2D eigenvalue weighted by molar-refractivity contribution is 0.124. The van der Waals surface area contributed by atoms with Crippen molar-refractivity contribution >= 4 is 0 Å². The minimum absolute atomic E-state index is 0.0598. The molecule has 1 aromatic rings. The van der Waals surface area contributed by atoms with E-state index in [1.807, 2.05) is 0 Å². The molecule has 2 aliphatic rings. The molecule has 3 heteroatoms. The molecule has 1 saturated heterocycles. The molecule has 2 fully saturated rings. The Hall–Kier alpha value is -0.900. The summed E-state index contributed by atoms with van der Waals surface area (Å²) in [7, 11) is 0. The van der Waals surface area contributed by atoms with Crippen molar-refractivity contribution in [1.29, 1.82) is 0 Å². The highest BCUT2D eigenvalue weighted by molar-refractivity contribution is 5.24. The highest BCUT2D eigenvalue weighted by Crippen LogP contribution is 2.38. The molecule has 4 atom stereocenters. The van der Waals surface area contributed by atoms with Crippen molar-refractivity contribution in [2.45, 2.75) is 38.3 Å². The summed E-state index contributed by atoms with van der Waals surface area (Å²) in [6.45, 7) is 5.38. The largest absolute Gasteiger partial charge is 0.393 e. The third-order valence-corrected chi connectivity index (χ3v) is 5.12. The fraction of sp³-hybridized carbons (Fsp3) is 0.647. The van der Waals surface area contributed by atoms with E-state index in [2.05, 4.69) is 36.1 Å². The Bertz CT molecular complexity index is 462. The predicted octanol–water partition coefficient (Wildman–Crippen LogP) is 2.09. The highest BCUT2D eigenvalue weighted by Gasteiger charge is 2.41. The van der Waals surface area contributed by atoms with Crippen LogP contribution in [0.1, 0.15) is 36.4 Å². The number of aliphatic hydroxyl groups excluding tert-OH is 1. The summed E-state index contributed by atoms with van der Waals surface area (Å²) in [4.78, 5) is 2.49. The number of hydrogen-bond acceptors (Lipinski definition) is 3. The van der Waals surface area contributed by atoms with Crippen LogP contribution in [0.4, 0.5) is 0 Å². The van der Waals surface area contributed by atoms with Crippen molar-refractivity contribution in [3.63, 3.8) is 0 Å². The Morgan fingerprint density at radius 1 is 1.35 bits per heavy atom. The smallest absolute Gasteiger partial charge is 0.0583 e. The molecule has 0 aromatic heterocycles. The van der Waals surface area contributed by atoms with E-state index in [9.17, 15) is 5.11 Å². The third-order valence-electron chi connectivity index (χ3n) is 5.12. The van der Waals surface area contributed by atoms with Gasteiger partial charge in [0.2, 0.25) is 0 Å². The van der Waals surface area contributed by atoms with Crippen LogP contribution >= 0.6 is 0 Å². The summed E-state index contributed by atoms with van der Waals surface area (Å²) in [6.07, 6.45) is 3.15. The van der Waals surface area contributed by atoms with Gasteiger partial charge in [0.25, 0.3) is 0 Å². The lowest BCUT2D eigenvalue weighted by Gasteiger charge is -2.20. The summed E-state index contributed by atoms with van der Waals surface area (Å²) in [6, 6.07) is 8.63. The Kier molecular flexibility index (Phi) is 4.11. The monoisotopic (exact) mass is 274 g/mol. The Morgan fingerprint density at radius 2 is 2.20 bits per heavy atom. The van der Waals surface area contributed by atoms with Gasteiger partial charge in [0.15, 0.2) is 0 Å². The summed E-state index contributed by atoms with van der Waals surface area (Å²) in [5.41, 5.74) is 8.82. The van der Waals surface area contributed by atoms with E-state index in [4.69, 9.17) is 5.73 Å². The molecule has 3 rings (SSSR count). The first-order valence-electron chi connectivity index (χ1n) is 7.86. The molecule has 3 N–H and O–H groups in total. The zero-order valence-corrected chi connectivity index (χ0v) is 12.3.